The molecule has 16 nitrogen and oxygen atoms in total. The molecule has 2 atom stereocenters. The fourth-order valence-electron chi connectivity index (χ4n) is 3.15. The summed E-state index contributed by atoms with van der Waals surface area (Å²) in [5.74, 6) is -0.942. The molecule has 2 rings (SSSR count). The predicted octanol–water partition coefficient (Wildman–Crippen LogP) is 2.49. The number of anilines is 2. The topological polar surface area (TPSA) is 224 Å². The summed E-state index contributed by atoms with van der Waals surface area (Å²) >= 11 is 12.6. The lowest BCUT2D eigenvalue weighted by atomic mass is 10.2. The molecule has 0 aromatic heterocycles. The lowest BCUT2D eigenvalue weighted by Gasteiger charge is -2.08. The molecule has 0 aliphatic carbocycles. The van der Waals surface area contributed by atoms with Crippen LogP contribution in [-0.4, -0.2) is 142 Å². The number of hydrogen-bond acceptors (Lipinski definition) is 17. The van der Waals surface area contributed by atoms with Gasteiger partial charge in [-0.3, -0.25) is 8.37 Å². The van der Waals surface area contributed by atoms with Crippen LogP contribution in [0.25, 0.3) is 0 Å². The van der Waals surface area contributed by atoms with Crippen LogP contribution in [-0.2, 0) is 81.4 Å². The van der Waals surface area contributed by atoms with Crippen molar-refractivity contribution in [1.82, 2.24) is 0 Å². The number of alkyl halides is 1. The molecule has 21 heteroatoms. The van der Waals surface area contributed by atoms with Crippen molar-refractivity contribution in [3.63, 3.8) is 0 Å². The Morgan fingerprint density at radius 1 is 0.585 bits per heavy atom. The number of rotatable bonds is 27. The van der Waals surface area contributed by atoms with Gasteiger partial charge >= 0.3 is 11.9 Å². The van der Waals surface area contributed by atoms with Crippen LogP contribution in [0.3, 0.4) is 0 Å². The van der Waals surface area contributed by atoms with Crippen molar-refractivity contribution in [2.75, 3.05) is 128 Å². The number of halogens is 1. The van der Waals surface area contributed by atoms with Gasteiger partial charge in [-0.05, 0) is 48.5 Å². The first-order valence-corrected chi connectivity index (χ1v) is 22.2. The molecule has 0 amide bonds. The summed E-state index contributed by atoms with van der Waals surface area (Å²) in [4.78, 5) is 22.0. The fraction of sp³-hybridized carbons (Fsp3) is 0.562. The van der Waals surface area contributed by atoms with Gasteiger partial charge in [0.1, 0.15) is 24.2 Å². The number of esters is 1. The van der Waals surface area contributed by atoms with E-state index in [1.807, 2.05) is 0 Å². The van der Waals surface area contributed by atoms with Gasteiger partial charge in [0.25, 0.3) is 0 Å². The second-order valence-corrected chi connectivity index (χ2v) is 17.5. The van der Waals surface area contributed by atoms with Crippen molar-refractivity contribution in [2.45, 2.75) is 0 Å². The SMILES string of the molecule is COS(=O)(=S)CCOCCOCCOCCBr.COS(=O)(=S)CCOCCOCCOCCOC(=O)c1ccc(N)cc1.Nc1ccc(C(=O)O)cc1. The van der Waals surface area contributed by atoms with E-state index in [0.717, 1.165) is 5.33 Å². The van der Waals surface area contributed by atoms with Gasteiger partial charge in [0.15, 0.2) is 0 Å². The molecule has 0 heterocycles. The van der Waals surface area contributed by atoms with Gasteiger partial charge in [-0.1, -0.05) is 15.9 Å². The van der Waals surface area contributed by atoms with E-state index in [1.165, 1.54) is 26.4 Å². The zero-order valence-electron chi connectivity index (χ0n) is 29.9. The number of carboxylic acids is 1. The summed E-state index contributed by atoms with van der Waals surface area (Å²) in [6.45, 7) is 5.30. The summed E-state index contributed by atoms with van der Waals surface area (Å²) in [5.41, 5.74) is 12.7. The van der Waals surface area contributed by atoms with Crippen molar-refractivity contribution >= 4 is 79.2 Å². The van der Waals surface area contributed by atoms with E-state index in [2.05, 4.69) is 35.5 Å². The molecule has 0 aliphatic heterocycles. The van der Waals surface area contributed by atoms with Gasteiger partial charge in [0.2, 0.25) is 0 Å². The Morgan fingerprint density at radius 3 is 1.25 bits per heavy atom. The number of carbonyl (C=O) groups is 2. The number of hydrogen-bond donors (Lipinski definition) is 3. The van der Waals surface area contributed by atoms with Gasteiger partial charge in [-0.25, -0.2) is 18.0 Å². The van der Waals surface area contributed by atoms with Gasteiger partial charge < -0.3 is 49.7 Å². The van der Waals surface area contributed by atoms with Crippen LogP contribution in [0.2, 0.25) is 0 Å². The van der Waals surface area contributed by atoms with Gasteiger partial charge in [0.05, 0.1) is 116 Å². The Morgan fingerprint density at radius 2 is 0.906 bits per heavy atom. The standard InChI is InChI=1S/C16H25NO7S2.C9H19BrO5S2.C7H7NO2/c1-20-26(19,25)13-12-23-9-8-21-6-7-22-10-11-24-16(18)14-2-4-15(17)5-3-14;1-12-17(11,16)9-8-15-7-6-14-5-4-13-3-2-10;8-6-3-1-5(2-4-6)7(9)10/h2-5H,6-13,17H2,1H3;2-9H2,1H3;1-4H,8H2,(H,9,10). The van der Waals surface area contributed by atoms with Crippen LogP contribution < -0.4 is 11.5 Å². The molecule has 0 saturated carbocycles. The summed E-state index contributed by atoms with van der Waals surface area (Å²) in [7, 11) is -2.58. The minimum atomic E-state index is -2.65. The molecule has 0 radical (unpaired) electrons. The smallest absolute Gasteiger partial charge is 0.338 e. The molecule has 0 bridgehead atoms. The molecule has 0 fully saturated rings. The number of carbonyl (C=O) groups excluding carboxylic acids is 1. The van der Waals surface area contributed by atoms with E-state index >= 15 is 0 Å². The number of nitrogens with two attached hydrogens (primary N) is 2. The Labute approximate surface area is 330 Å². The Balaban J connectivity index is 0.000000853. The van der Waals surface area contributed by atoms with Crippen LogP contribution >= 0.6 is 15.9 Å². The van der Waals surface area contributed by atoms with Gasteiger partial charge in [0, 0.05) is 39.1 Å². The predicted molar refractivity (Wildman–Crippen MR) is 212 cm³/mol. The third kappa shape index (κ3) is 30.9. The monoisotopic (exact) mass is 894 g/mol. The van der Waals surface area contributed by atoms with E-state index < -0.39 is 29.5 Å². The second kappa shape index (κ2) is 32.2. The second-order valence-electron chi connectivity index (χ2n) is 9.91. The third-order valence-electron chi connectivity index (χ3n) is 5.94. The molecule has 5 N–H and O–H groups in total. The molecule has 53 heavy (non-hydrogen) atoms. The van der Waals surface area contributed by atoms with E-state index in [4.69, 9.17) is 60.9 Å². The zero-order valence-corrected chi connectivity index (χ0v) is 34.7. The van der Waals surface area contributed by atoms with Crippen LogP contribution in [0, 0.1) is 0 Å². The Bertz CT molecular complexity index is 1450. The average Bonchev–Trinajstić information content (AvgIpc) is 3.13. The minimum Gasteiger partial charge on any atom is -0.478 e. The largest absolute Gasteiger partial charge is 0.478 e. The quantitative estimate of drug-likeness (QED) is 0.0507. The minimum absolute atomic E-state index is 0.159. The highest BCUT2D eigenvalue weighted by Crippen LogP contribution is 2.07. The Hall–Kier alpha value is -2.12. The highest BCUT2D eigenvalue weighted by atomic mass is 79.9. The first kappa shape index (κ1) is 50.9. The lowest BCUT2D eigenvalue weighted by Crippen LogP contribution is -2.16. The first-order valence-electron chi connectivity index (χ1n) is 16.0. The number of aromatic carboxylic acids is 1. The molecule has 304 valence electrons. The number of benzene rings is 2. The maximum atomic E-state index is 11.7. The molecule has 2 aromatic rings. The highest BCUT2D eigenvalue weighted by molar-refractivity contribution is 9.09. The normalized spacial score (nSPS) is 13.0. The van der Waals surface area contributed by atoms with Crippen LogP contribution in [0.5, 0.6) is 0 Å². The van der Waals surface area contributed by atoms with Gasteiger partial charge in [-0.2, -0.15) is 0 Å². The van der Waals surface area contributed by atoms with Crippen LogP contribution in [0.4, 0.5) is 11.4 Å². The van der Waals surface area contributed by atoms with E-state index in [9.17, 15) is 18.0 Å². The molecule has 2 aromatic carbocycles. The number of carboxylic acid groups (broad SMARTS) is 1. The lowest BCUT2D eigenvalue weighted by molar-refractivity contribution is 0.00193. The number of nitrogen functional groups attached to an aromatic ring is 2. The third-order valence-corrected chi connectivity index (χ3v) is 10.4. The van der Waals surface area contributed by atoms with E-state index in [-0.39, 0.29) is 36.9 Å². The summed E-state index contributed by atoms with van der Waals surface area (Å²) in [5, 5.41) is 9.26. The van der Waals surface area contributed by atoms with Crippen molar-refractivity contribution in [3.05, 3.63) is 59.7 Å². The van der Waals surface area contributed by atoms with Crippen molar-refractivity contribution in [3.8, 4) is 0 Å². The van der Waals surface area contributed by atoms with Crippen LogP contribution in [0.15, 0.2) is 48.5 Å². The molecular weight excluding hydrogens is 845 g/mol. The molecule has 2 unspecified atom stereocenters. The zero-order chi connectivity index (χ0) is 39.8. The van der Waals surface area contributed by atoms with Crippen molar-refractivity contribution in [1.29, 1.82) is 0 Å². The molecule has 0 saturated heterocycles. The highest BCUT2D eigenvalue weighted by Gasteiger charge is 2.07. The van der Waals surface area contributed by atoms with Crippen molar-refractivity contribution < 1.29 is 64.6 Å². The van der Waals surface area contributed by atoms with E-state index in [0.29, 0.717) is 83.0 Å². The Kier molecular flexibility index (Phi) is 30.9. The van der Waals surface area contributed by atoms with Gasteiger partial charge in [-0.15, -0.1) is 0 Å². The molecule has 0 aliphatic rings. The summed E-state index contributed by atoms with van der Waals surface area (Å²) < 4.78 is 68.4. The van der Waals surface area contributed by atoms with Crippen molar-refractivity contribution in [2.24, 2.45) is 0 Å². The first-order chi connectivity index (χ1) is 25.3. The van der Waals surface area contributed by atoms with E-state index in [1.54, 1.807) is 36.4 Å². The van der Waals surface area contributed by atoms with Crippen LogP contribution in [0.1, 0.15) is 20.7 Å². The fourth-order valence-corrected chi connectivity index (χ4v) is 4.76. The summed E-state index contributed by atoms with van der Waals surface area (Å²) in [6.07, 6.45) is 0. The average molecular weight is 896 g/mol. The number of ether oxygens (including phenoxy) is 7. The maximum Gasteiger partial charge on any atom is 0.338 e. The maximum absolute atomic E-state index is 11.7. The summed E-state index contributed by atoms with van der Waals surface area (Å²) in [6, 6.07) is 12.6. The molecule has 0 spiro atoms. The molecular formula is C32H51BrN2O14S4.